The van der Waals surface area contributed by atoms with Gasteiger partial charge in [-0.3, -0.25) is 4.79 Å². The van der Waals surface area contributed by atoms with E-state index in [2.05, 4.69) is 0 Å². The second-order valence-electron chi connectivity index (χ2n) is 3.52. The molecular formula is C13H12O4S. The van der Waals surface area contributed by atoms with Gasteiger partial charge in [0.15, 0.2) is 22.8 Å². The minimum absolute atomic E-state index is 0.0507. The number of rotatable bonds is 5. The van der Waals surface area contributed by atoms with Crippen molar-refractivity contribution in [3.63, 3.8) is 0 Å². The molecule has 0 radical (unpaired) electrons. The molecule has 4 nitrogen and oxygen atoms in total. The third kappa shape index (κ3) is 2.69. The number of hydrogen-bond acceptors (Lipinski definition) is 5. The highest BCUT2D eigenvalue weighted by atomic mass is 32.1. The summed E-state index contributed by atoms with van der Waals surface area (Å²) in [6.45, 7) is -0.0507. The highest BCUT2D eigenvalue weighted by Crippen LogP contribution is 2.35. The van der Waals surface area contributed by atoms with E-state index in [0.717, 1.165) is 11.8 Å². The minimum atomic E-state index is -0.0507. The molecule has 2 aromatic rings. The van der Waals surface area contributed by atoms with E-state index in [0.29, 0.717) is 21.4 Å². The van der Waals surface area contributed by atoms with Crippen molar-refractivity contribution < 1.29 is 19.4 Å². The molecule has 2 rings (SSSR count). The summed E-state index contributed by atoms with van der Waals surface area (Å²) < 4.78 is 10.8. The van der Waals surface area contributed by atoms with Crippen LogP contribution in [-0.4, -0.2) is 18.5 Å². The summed E-state index contributed by atoms with van der Waals surface area (Å²) >= 11 is 1.26. The van der Waals surface area contributed by atoms with Crippen LogP contribution in [0.15, 0.2) is 30.3 Å². The maximum Gasteiger partial charge on any atom is 0.181 e. The molecule has 0 aliphatic rings. The number of methoxy groups -OCH3 is 1. The molecule has 1 aromatic heterocycles. The van der Waals surface area contributed by atoms with E-state index in [9.17, 15) is 4.79 Å². The number of thiophene rings is 1. The van der Waals surface area contributed by atoms with Gasteiger partial charge in [0.1, 0.15) is 0 Å². The standard InChI is InChI=1S/C13H12O4S/c1-16-12-6-9(7-14)2-4-11(12)17-13-5-3-10(8-15)18-13/h2-6,8,14H,7H2,1H3. The molecule has 1 N–H and O–H groups in total. The van der Waals surface area contributed by atoms with Crippen LogP contribution in [0.2, 0.25) is 0 Å². The molecule has 0 spiro atoms. The SMILES string of the molecule is COc1cc(CO)ccc1Oc1ccc(C=O)s1. The van der Waals surface area contributed by atoms with Crippen LogP contribution in [0.3, 0.4) is 0 Å². The summed E-state index contributed by atoms with van der Waals surface area (Å²) in [6.07, 6.45) is 0.781. The van der Waals surface area contributed by atoms with Crippen LogP contribution in [0.5, 0.6) is 16.6 Å². The fourth-order valence-corrected chi connectivity index (χ4v) is 2.14. The lowest BCUT2D eigenvalue weighted by atomic mass is 10.2. The zero-order valence-corrected chi connectivity index (χ0v) is 10.6. The van der Waals surface area contributed by atoms with Crippen LogP contribution in [-0.2, 0) is 6.61 Å². The molecule has 94 valence electrons. The van der Waals surface area contributed by atoms with Crippen LogP contribution in [0.4, 0.5) is 0 Å². The van der Waals surface area contributed by atoms with Gasteiger partial charge in [0.25, 0.3) is 0 Å². The Hall–Kier alpha value is -1.85. The van der Waals surface area contributed by atoms with Crippen molar-refractivity contribution in [1.29, 1.82) is 0 Å². The smallest absolute Gasteiger partial charge is 0.181 e. The molecule has 0 fully saturated rings. The Morgan fingerprint density at radius 1 is 1.28 bits per heavy atom. The van der Waals surface area contributed by atoms with Crippen LogP contribution in [0.25, 0.3) is 0 Å². The molecule has 1 heterocycles. The lowest BCUT2D eigenvalue weighted by molar-refractivity contribution is 0.112. The Bertz CT molecular complexity index is 548. The number of aliphatic hydroxyl groups is 1. The van der Waals surface area contributed by atoms with Crippen LogP contribution >= 0.6 is 11.3 Å². The fraction of sp³-hybridized carbons (Fsp3) is 0.154. The summed E-state index contributed by atoms with van der Waals surface area (Å²) in [5, 5.41) is 9.66. The number of ether oxygens (including phenoxy) is 2. The molecule has 0 aliphatic heterocycles. The van der Waals surface area contributed by atoms with Gasteiger partial charge >= 0.3 is 0 Å². The first-order chi connectivity index (χ1) is 8.76. The first kappa shape index (κ1) is 12.6. The molecule has 0 saturated heterocycles. The van der Waals surface area contributed by atoms with Gasteiger partial charge in [-0.05, 0) is 29.8 Å². The largest absolute Gasteiger partial charge is 0.493 e. The molecule has 5 heteroatoms. The molecular weight excluding hydrogens is 252 g/mol. The molecule has 0 amide bonds. The van der Waals surface area contributed by atoms with Gasteiger partial charge in [0.2, 0.25) is 0 Å². The molecule has 0 aliphatic carbocycles. The summed E-state index contributed by atoms with van der Waals surface area (Å²) in [5.74, 6) is 1.09. The highest BCUT2D eigenvalue weighted by Gasteiger charge is 2.08. The Morgan fingerprint density at radius 2 is 2.11 bits per heavy atom. The molecule has 0 saturated carbocycles. The van der Waals surface area contributed by atoms with Gasteiger partial charge < -0.3 is 14.6 Å². The molecule has 1 aromatic carbocycles. The third-order valence-corrected chi connectivity index (χ3v) is 3.23. The van der Waals surface area contributed by atoms with Crippen molar-refractivity contribution in [2.45, 2.75) is 6.61 Å². The minimum Gasteiger partial charge on any atom is -0.493 e. The first-order valence-electron chi connectivity index (χ1n) is 5.27. The zero-order chi connectivity index (χ0) is 13.0. The molecule has 0 unspecified atom stereocenters. The van der Waals surface area contributed by atoms with E-state index >= 15 is 0 Å². The fourth-order valence-electron chi connectivity index (χ4n) is 1.46. The summed E-state index contributed by atoms with van der Waals surface area (Å²) in [7, 11) is 1.54. The van der Waals surface area contributed by atoms with Crippen LogP contribution in [0.1, 0.15) is 15.2 Å². The lowest BCUT2D eigenvalue weighted by Crippen LogP contribution is -1.91. The quantitative estimate of drug-likeness (QED) is 0.844. The highest BCUT2D eigenvalue weighted by molar-refractivity contribution is 7.15. The maximum atomic E-state index is 10.6. The predicted molar refractivity (Wildman–Crippen MR) is 68.7 cm³/mol. The van der Waals surface area contributed by atoms with Crippen molar-refractivity contribution in [2.24, 2.45) is 0 Å². The average Bonchev–Trinajstić information content (AvgIpc) is 2.87. The van der Waals surface area contributed by atoms with E-state index in [1.165, 1.54) is 18.4 Å². The number of carbonyl (C=O) groups is 1. The van der Waals surface area contributed by atoms with Crippen molar-refractivity contribution in [1.82, 2.24) is 0 Å². The number of carbonyl (C=O) groups excluding carboxylic acids is 1. The van der Waals surface area contributed by atoms with E-state index in [-0.39, 0.29) is 6.61 Å². The lowest BCUT2D eigenvalue weighted by Gasteiger charge is -2.09. The van der Waals surface area contributed by atoms with Gasteiger partial charge in [-0.15, -0.1) is 0 Å². The van der Waals surface area contributed by atoms with E-state index in [1.54, 1.807) is 30.3 Å². The molecule has 0 bridgehead atoms. The summed E-state index contributed by atoms with van der Waals surface area (Å²) in [5.41, 5.74) is 0.749. The first-order valence-corrected chi connectivity index (χ1v) is 6.09. The maximum absolute atomic E-state index is 10.6. The number of aldehydes is 1. The van der Waals surface area contributed by atoms with Gasteiger partial charge in [-0.2, -0.15) is 0 Å². The summed E-state index contributed by atoms with van der Waals surface area (Å²) in [4.78, 5) is 11.2. The average molecular weight is 264 g/mol. The monoisotopic (exact) mass is 264 g/mol. The van der Waals surface area contributed by atoms with Crippen LogP contribution in [0, 0.1) is 0 Å². The van der Waals surface area contributed by atoms with E-state index in [4.69, 9.17) is 14.6 Å². The van der Waals surface area contributed by atoms with Gasteiger partial charge in [0.05, 0.1) is 18.6 Å². The number of aliphatic hydroxyl groups excluding tert-OH is 1. The Balaban J connectivity index is 2.25. The summed E-state index contributed by atoms with van der Waals surface area (Å²) in [6, 6.07) is 8.62. The van der Waals surface area contributed by atoms with Gasteiger partial charge in [-0.25, -0.2) is 0 Å². The van der Waals surface area contributed by atoms with Crippen LogP contribution < -0.4 is 9.47 Å². The van der Waals surface area contributed by atoms with Gasteiger partial charge in [-0.1, -0.05) is 17.4 Å². The van der Waals surface area contributed by atoms with Crippen molar-refractivity contribution in [3.05, 3.63) is 40.8 Å². The van der Waals surface area contributed by atoms with E-state index < -0.39 is 0 Å². The predicted octanol–water partition coefficient (Wildman–Crippen LogP) is 2.85. The number of benzene rings is 1. The Kier molecular flexibility index (Phi) is 3.96. The Labute approximate surface area is 108 Å². The molecule has 18 heavy (non-hydrogen) atoms. The Morgan fingerprint density at radius 3 is 2.72 bits per heavy atom. The second kappa shape index (κ2) is 5.66. The van der Waals surface area contributed by atoms with Gasteiger partial charge in [0, 0.05) is 0 Å². The van der Waals surface area contributed by atoms with Crippen molar-refractivity contribution in [2.75, 3.05) is 7.11 Å². The number of hydrogen-bond donors (Lipinski definition) is 1. The van der Waals surface area contributed by atoms with E-state index in [1.807, 2.05) is 0 Å². The molecule has 0 atom stereocenters. The third-order valence-electron chi connectivity index (χ3n) is 2.34. The zero-order valence-electron chi connectivity index (χ0n) is 9.75. The van der Waals surface area contributed by atoms with Crippen molar-refractivity contribution in [3.8, 4) is 16.6 Å². The topological polar surface area (TPSA) is 55.8 Å². The normalized spacial score (nSPS) is 10.1. The van der Waals surface area contributed by atoms with Crippen molar-refractivity contribution >= 4 is 17.6 Å². The second-order valence-corrected chi connectivity index (χ2v) is 4.60.